The van der Waals surface area contributed by atoms with Gasteiger partial charge in [-0.25, -0.2) is 4.98 Å². The Morgan fingerprint density at radius 3 is 2.81 bits per heavy atom. The third-order valence-corrected chi connectivity index (χ3v) is 4.09. The lowest BCUT2D eigenvalue weighted by atomic mass is 10.0. The van der Waals surface area contributed by atoms with Crippen LogP contribution in [0.1, 0.15) is 17.3 Å². The van der Waals surface area contributed by atoms with E-state index in [1.807, 2.05) is 35.7 Å². The first-order chi connectivity index (χ1) is 10.2. The van der Waals surface area contributed by atoms with Gasteiger partial charge in [0.05, 0.1) is 17.7 Å². The fourth-order valence-corrected chi connectivity index (χ4v) is 2.97. The Morgan fingerprint density at radius 2 is 2.10 bits per heavy atom. The summed E-state index contributed by atoms with van der Waals surface area (Å²) in [7, 11) is 0. The number of piperazine rings is 1. The van der Waals surface area contributed by atoms with Gasteiger partial charge in [0.15, 0.2) is 0 Å². The molecular weight excluding hydrogens is 286 g/mol. The van der Waals surface area contributed by atoms with Gasteiger partial charge in [-0.2, -0.15) is 0 Å². The van der Waals surface area contributed by atoms with Gasteiger partial charge in [-0.3, -0.25) is 9.59 Å². The second kappa shape index (κ2) is 6.05. The molecule has 0 spiro atoms. The van der Waals surface area contributed by atoms with Crippen LogP contribution >= 0.6 is 11.3 Å². The number of hydrogen-bond donors (Lipinski definition) is 1. The Bertz CT molecular complexity index is 628. The Balaban J connectivity index is 1.72. The molecular formula is C15H15N3O2S. The molecule has 1 aromatic carbocycles. The topological polar surface area (TPSA) is 62.3 Å². The highest BCUT2D eigenvalue weighted by molar-refractivity contribution is 7.07. The van der Waals surface area contributed by atoms with Gasteiger partial charge >= 0.3 is 0 Å². The largest absolute Gasteiger partial charge is 0.339 e. The molecule has 21 heavy (non-hydrogen) atoms. The highest BCUT2D eigenvalue weighted by Gasteiger charge is 2.33. The van der Waals surface area contributed by atoms with Crippen LogP contribution in [-0.4, -0.2) is 34.8 Å². The third kappa shape index (κ3) is 3.11. The Labute approximate surface area is 126 Å². The van der Waals surface area contributed by atoms with Crippen LogP contribution < -0.4 is 5.32 Å². The summed E-state index contributed by atoms with van der Waals surface area (Å²) in [5, 5.41) is 4.72. The summed E-state index contributed by atoms with van der Waals surface area (Å²) in [4.78, 5) is 30.2. The molecule has 2 amide bonds. The number of thiazole rings is 1. The standard InChI is InChI=1S/C15H15N3O2S/c19-13-8-18(7-6-12-9-21-10-16-12)15(20)14(17-13)11-4-2-1-3-5-11/h1-5,9-10,14H,6-8H2,(H,17,19). The van der Waals surface area contributed by atoms with Crippen LogP contribution in [0.4, 0.5) is 0 Å². The minimum Gasteiger partial charge on any atom is -0.339 e. The Hall–Kier alpha value is -2.21. The normalized spacial score (nSPS) is 18.7. The van der Waals surface area contributed by atoms with Crippen molar-refractivity contribution in [3.05, 3.63) is 52.5 Å². The molecule has 0 radical (unpaired) electrons. The molecule has 0 aliphatic carbocycles. The number of nitrogens with zero attached hydrogens (tertiary/aromatic N) is 2. The van der Waals surface area contributed by atoms with Crippen molar-refractivity contribution in [1.29, 1.82) is 0 Å². The summed E-state index contributed by atoms with van der Waals surface area (Å²) in [6, 6.07) is 8.74. The quantitative estimate of drug-likeness (QED) is 0.928. The van der Waals surface area contributed by atoms with Gasteiger partial charge in [-0.1, -0.05) is 30.3 Å². The molecule has 3 rings (SSSR count). The molecule has 1 N–H and O–H groups in total. The summed E-state index contributed by atoms with van der Waals surface area (Å²) < 4.78 is 0. The first-order valence-electron chi connectivity index (χ1n) is 6.74. The monoisotopic (exact) mass is 301 g/mol. The van der Waals surface area contributed by atoms with Crippen molar-refractivity contribution in [2.24, 2.45) is 0 Å². The lowest BCUT2D eigenvalue weighted by Crippen LogP contribution is -2.53. The molecule has 2 heterocycles. The van der Waals surface area contributed by atoms with Gasteiger partial charge in [-0.05, 0) is 5.56 Å². The van der Waals surface area contributed by atoms with E-state index in [4.69, 9.17) is 0 Å². The highest BCUT2D eigenvalue weighted by atomic mass is 32.1. The summed E-state index contributed by atoms with van der Waals surface area (Å²) in [6.45, 7) is 0.631. The maximum absolute atomic E-state index is 12.5. The molecule has 2 aromatic rings. The van der Waals surface area contributed by atoms with Crippen molar-refractivity contribution < 1.29 is 9.59 Å². The van der Waals surface area contributed by atoms with E-state index in [9.17, 15) is 9.59 Å². The fourth-order valence-electron chi connectivity index (χ4n) is 2.37. The van der Waals surface area contributed by atoms with Gasteiger partial charge < -0.3 is 10.2 Å². The number of benzene rings is 1. The van der Waals surface area contributed by atoms with Crippen molar-refractivity contribution in [2.75, 3.05) is 13.1 Å². The van der Waals surface area contributed by atoms with Gasteiger partial charge in [0.25, 0.3) is 0 Å². The molecule has 5 nitrogen and oxygen atoms in total. The lowest BCUT2D eigenvalue weighted by molar-refractivity contribution is -0.144. The number of hydrogen-bond acceptors (Lipinski definition) is 4. The molecule has 1 aliphatic rings. The zero-order valence-corrected chi connectivity index (χ0v) is 12.2. The Kier molecular flexibility index (Phi) is 3.96. The van der Waals surface area contributed by atoms with E-state index in [0.717, 1.165) is 11.3 Å². The molecule has 1 fully saturated rings. The van der Waals surface area contributed by atoms with Crippen LogP contribution in [-0.2, 0) is 16.0 Å². The zero-order chi connectivity index (χ0) is 14.7. The molecule has 1 unspecified atom stereocenters. The van der Waals surface area contributed by atoms with Crippen molar-refractivity contribution in [3.63, 3.8) is 0 Å². The highest BCUT2D eigenvalue weighted by Crippen LogP contribution is 2.19. The molecule has 0 bridgehead atoms. The smallest absolute Gasteiger partial charge is 0.250 e. The summed E-state index contributed by atoms with van der Waals surface area (Å²) in [5.41, 5.74) is 3.54. The summed E-state index contributed by atoms with van der Waals surface area (Å²) in [6.07, 6.45) is 0.671. The summed E-state index contributed by atoms with van der Waals surface area (Å²) >= 11 is 1.53. The second-order valence-corrected chi connectivity index (χ2v) is 5.62. The zero-order valence-electron chi connectivity index (χ0n) is 11.4. The van der Waals surface area contributed by atoms with E-state index < -0.39 is 6.04 Å². The number of rotatable bonds is 4. The van der Waals surface area contributed by atoms with Gasteiger partial charge in [0, 0.05) is 18.3 Å². The molecule has 1 atom stereocenters. The predicted octanol–water partition coefficient (Wildman–Crippen LogP) is 1.39. The van der Waals surface area contributed by atoms with Crippen molar-refractivity contribution in [2.45, 2.75) is 12.5 Å². The van der Waals surface area contributed by atoms with E-state index in [1.54, 1.807) is 10.4 Å². The Morgan fingerprint density at radius 1 is 1.29 bits per heavy atom. The first kappa shape index (κ1) is 13.8. The number of aromatic nitrogens is 1. The first-order valence-corrected chi connectivity index (χ1v) is 7.68. The van der Waals surface area contributed by atoms with Crippen LogP contribution in [0, 0.1) is 0 Å². The maximum atomic E-state index is 12.5. The van der Waals surface area contributed by atoms with E-state index in [1.165, 1.54) is 11.3 Å². The third-order valence-electron chi connectivity index (χ3n) is 3.45. The number of carbonyl (C=O) groups excluding carboxylic acids is 2. The minimum atomic E-state index is -0.581. The molecule has 1 aliphatic heterocycles. The fraction of sp³-hybridized carbons (Fsp3) is 0.267. The van der Waals surface area contributed by atoms with Crippen LogP contribution in [0.5, 0.6) is 0 Å². The van der Waals surface area contributed by atoms with Crippen molar-refractivity contribution >= 4 is 23.2 Å². The minimum absolute atomic E-state index is 0.0592. The number of amides is 2. The van der Waals surface area contributed by atoms with Crippen LogP contribution in [0.25, 0.3) is 0 Å². The van der Waals surface area contributed by atoms with Crippen LogP contribution in [0.3, 0.4) is 0 Å². The second-order valence-electron chi connectivity index (χ2n) is 4.90. The van der Waals surface area contributed by atoms with Crippen LogP contribution in [0.2, 0.25) is 0 Å². The summed E-state index contributed by atoms with van der Waals surface area (Å²) in [5.74, 6) is -0.183. The SMILES string of the molecule is O=C1CN(CCc2cscn2)C(=O)C(c2ccccc2)N1. The van der Waals surface area contributed by atoms with E-state index in [2.05, 4.69) is 10.3 Å². The van der Waals surface area contributed by atoms with Crippen LogP contribution in [0.15, 0.2) is 41.2 Å². The average molecular weight is 301 g/mol. The molecule has 108 valence electrons. The van der Waals surface area contributed by atoms with E-state index in [0.29, 0.717) is 13.0 Å². The lowest BCUT2D eigenvalue weighted by Gasteiger charge is -2.32. The predicted molar refractivity (Wildman–Crippen MR) is 79.7 cm³/mol. The number of nitrogens with one attached hydrogen (secondary N) is 1. The molecule has 6 heteroatoms. The van der Waals surface area contributed by atoms with E-state index in [-0.39, 0.29) is 18.4 Å². The van der Waals surface area contributed by atoms with Crippen molar-refractivity contribution in [1.82, 2.24) is 15.2 Å². The van der Waals surface area contributed by atoms with E-state index >= 15 is 0 Å². The maximum Gasteiger partial charge on any atom is 0.250 e. The average Bonchev–Trinajstić information content (AvgIpc) is 3.02. The van der Waals surface area contributed by atoms with Gasteiger partial charge in [-0.15, -0.1) is 11.3 Å². The van der Waals surface area contributed by atoms with Gasteiger partial charge in [0.2, 0.25) is 11.8 Å². The van der Waals surface area contributed by atoms with Crippen molar-refractivity contribution in [3.8, 4) is 0 Å². The number of carbonyl (C=O) groups is 2. The molecule has 0 saturated carbocycles. The van der Waals surface area contributed by atoms with Gasteiger partial charge in [0.1, 0.15) is 6.04 Å². The molecule has 1 saturated heterocycles. The molecule has 1 aromatic heterocycles.